The molecule has 6 heteroatoms. The number of rotatable bonds is 3. The summed E-state index contributed by atoms with van der Waals surface area (Å²) < 4.78 is 1.55. The first-order chi connectivity index (χ1) is 6.13. The van der Waals surface area contributed by atoms with E-state index in [2.05, 4.69) is 10.4 Å². The van der Waals surface area contributed by atoms with E-state index in [1.165, 1.54) is 0 Å². The van der Waals surface area contributed by atoms with Crippen LogP contribution >= 0.6 is 11.6 Å². The largest absolute Gasteiger partial charge is 0.381 e. The minimum atomic E-state index is -0.0369. The second kappa shape index (κ2) is 4.13. The fourth-order valence-electron chi connectivity index (χ4n) is 0.868. The zero-order chi connectivity index (χ0) is 9.84. The molecule has 1 amide bonds. The van der Waals surface area contributed by atoms with Crippen LogP contribution in [0.1, 0.15) is 6.42 Å². The van der Waals surface area contributed by atoms with E-state index in [4.69, 9.17) is 17.3 Å². The number of hydrogen-bond donors (Lipinski definition) is 2. The Bertz CT molecular complexity index is 290. The molecule has 0 bridgehead atoms. The third-order valence-electron chi connectivity index (χ3n) is 1.59. The number of aryl methyl sites for hydroxylation is 1. The lowest BCUT2D eigenvalue weighted by Crippen LogP contribution is -2.19. The third-order valence-corrected chi connectivity index (χ3v) is 1.88. The first kappa shape index (κ1) is 9.85. The summed E-state index contributed by atoms with van der Waals surface area (Å²) in [4.78, 5) is 10.9. The number of carbonyl (C=O) groups excluding carboxylic acids is 1. The van der Waals surface area contributed by atoms with Gasteiger partial charge in [-0.3, -0.25) is 9.48 Å². The van der Waals surface area contributed by atoms with E-state index in [1.807, 2.05) is 0 Å². The fourth-order valence-corrected chi connectivity index (χ4v) is 1.02. The lowest BCUT2D eigenvalue weighted by Gasteiger charge is -1.99. The molecular weight excluding hydrogens is 192 g/mol. The summed E-state index contributed by atoms with van der Waals surface area (Å²) in [5.74, 6) is 0.253. The highest BCUT2D eigenvalue weighted by molar-refractivity contribution is 6.32. The number of nitrogens with one attached hydrogen (secondary N) is 1. The average Bonchev–Trinajstić information content (AvgIpc) is 2.42. The van der Waals surface area contributed by atoms with Gasteiger partial charge in [0.05, 0.1) is 0 Å². The van der Waals surface area contributed by atoms with Gasteiger partial charge in [-0.2, -0.15) is 5.10 Å². The van der Waals surface area contributed by atoms with Gasteiger partial charge in [-0.15, -0.1) is 0 Å². The maximum Gasteiger partial charge on any atom is 0.221 e. The van der Waals surface area contributed by atoms with E-state index in [1.54, 1.807) is 17.9 Å². The molecule has 72 valence electrons. The predicted octanol–water partition coefficient (Wildman–Crippen LogP) is 0.255. The van der Waals surface area contributed by atoms with E-state index in [-0.39, 0.29) is 5.91 Å². The smallest absolute Gasteiger partial charge is 0.221 e. The summed E-state index contributed by atoms with van der Waals surface area (Å²) in [5.41, 5.74) is 5.42. The SMILES string of the molecule is CNC(=O)CCn1cc(Cl)c(N)n1. The highest BCUT2D eigenvalue weighted by Gasteiger charge is 2.03. The van der Waals surface area contributed by atoms with Gasteiger partial charge in [-0.25, -0.2) is 0 Å². The van der Waals surface area contributed by atoms with Gasteiger partial charge >= 0.3 is 0 Å². The summed E-state index contributed by atoms with van der Waals surface area (Å²) in [6, 6.07) is 0. The van der Waals surface area contributed by atoms with Crippen molar-refractivity contribution in [1.29, 1.82) is 0 Å². The van der Waals surface area contributed by atoms with Crippen LogP contribution in [0.2, 0.25) is 5.02 Å². The second-order valence-corrected chi connectivity index (χ2v) is 2.96. The van der Waals surface area contributed by atoms with Crippen molar-refractivity contribution in [3.8, 4) is 0 Å². The van der Waals surface area contributed by atoms with E-state index in [0.29, 0.717) is 23.8 Å². The molecule has 5 nitrogen and oxygen atoms in total. The van der Waals surface area contributed by atoms with Gasteiger partial charge in [-0.1, -0.05) is 11.6 Å². The molecule has 13 heavy (non-hydrogen) atoms. The van der Waals surface area contributed by atoms with E-state index >= 15 is 0 Å². The van der Waals surface area contributed by atoms with Crippen LogP contribution in [0.25, 0.3) is 0 Å². The number of nitrogens with zero attached hydrogens (tertiary/aromatic N) is 2. The molecule has 3 N–H and O–H groups in total. The van der Waals surface area contributed by atoms with Crippen LogP contribution in [0.5, 0.6) is 0 Å². The molecular formula is C7H11ClN4O. The fraction of sp³-hybridized carbons (Fsp3) is 0.429. The zero-order valence-electron chi connectivity index (χ0n) is 7.25. The van der Waals surface area contributed by atoms with E-state index < -0.39 is 0 Å². The molecule has 1 rings (SSSR count). The van der Waals surface area contributed by atoms with Gasteiger partial charge in [0, 0.05) is 26.2 Å². The van der Waals surface area contributed by atoms with Crippen LogP contribution in [0, 0.1) is 0 Å². The Morgan fingerprint density at radius 2 is 2.54 bits per heavy atom. The molecule has 0 aliphatic carbocycles. The molecule has 0 spiro atoms. The van der Waals surface area contributed by atoms with Crippen LogP contribution in [0.4, 0.5) is 5.82 Å². The minimum Gasteiger partial charge on any atom is -0.381 e. The van der Waals surface area contributed by atoms with Gasteiger partial charge in [0.1, 0.15) is 5.02 Å². The third kappa shape index (κ3) is 2.62. The van der Waals surface area contributed by atoms with E-state index in [0.717, 1.165) is 0 Å². The topological polar surface area (TPSA) is 72.9 Å². The van der Waals surface area contributed by atoms with E-state index in [9.17, 15) is 4.79 Å². The molecule has 1 aromatic heterocycles. The number of aromatic nitrogens is 2. The Morgan fingerprint density at radius 1 is 1.85 bits per heavy atom. The molecule has 0 aliphatic rings. The monoisotopic (exact) mass is 202 g/mol. The van der Waals surface area contributed by atoms with Crippen LogP contribution in [0.3, 0.4) is 0 Å². The molecule has 0 aromatic carbocycles. The number of nitrogen functional groups attached to an aromatic ring is 1. The number of nitrogens with two attached hydrogens (primary N) is 1. The van der Waals surface area contributed by atoms with Crippen LogP contribution in [-0.2, 0) is 11.3 Å². The van der Waals surface area contributed by atoms with Crippen LogP contribution in [-0.4, -0.2) is 22.7 Å². The van der Waals surface area contributed by atoms with Crippen molar-refractivity contribution < 1.29 is 4.79 Å². The van der Waals surface area contributed by atoms with Gasteiger partial charge < -0.3 is 11.1 Å². The lowest BCUT2D eigenvalue weighted by atomic mass is 10.4. The quantitative estimate of drug-likeness (QED) is 0.738. The summed E-state index contributed by atoms with van der Waals surface area (Å²) in [5, 5.41) is 6.83. The van der Waals surface area contributed by atoms with Crippen LogP contribution in [0.15, 0.2) is 6.20 Å². The summed E-state index contributed by atoms with van der Waals surface area (Å²) in [6.45, 7) is 0.483. The first-order valence-corrected chi connectivity index (χ1v) is 4.20. The Kier molecular flexibility index (Phi) is 3.13. The van der Waals surface area contributed by atoms with Crippen molar-refractivity contribution in [2.45, 2.75) is 13.0 Å². The van der Waals surface area contributed by atoms with Crippen molar-refractivity contribution >= 4 is 23.3 Å². The van der Waals surface area contributed by atoms with Crippen molar-refractivity contribution in [2.75, 3.05) is 12.8 Å². The summed E-state index contributed by atoms with van der Waals surface area (Å²) in [7, 11) is 1.59. The van der Waals surface area contributed by atoms with Gasteiger partial charge in [0.25, 0.3) is 0 Å². The van der Waals surface area contributed by atoms with Crippen molar-refractivity contribution in [1.82, 2.24) is 15.1 Å². The Morgan fingerprint density at radius 3 is 3.00 bits per heavy atom. The van der Waals surface area contributed by atoms with Crippen molar-refractivity contribution in [2.24, 2.45) is 0 Å². The summed E-state index contributed by atoms with van der Waals surface area (Å²) in [6.07, 6.45) is 1.97. The number of halogens is 1. The Labute approximate surface area is 80.9 Å². The molecule has 0 fully saturated rings. The van der Waals surface area contributed by atoms with Crippen molar-refractivity contribution in [3.05, 3.63) is 11.2 Å². The number of hydrogen-bond acceptors (Lipinski definition) is 3. The predicted molar refractivity (Wildman–Crippen MR) is 50.3 cm³/mol. The molecule has 0 unspecified atom stereocenters. The molecule has 0 atom stereocenters. The van der Waals surface area contributed by atoms with Gasteiger partial charge in [0.15, 0.2) is 5.82 Å². The maximum absolute atomic E-state index is 10.9. The molecule has 0 radical (unpaired) electrons. The highest BCUT2D eigenvalue weighted by atomic mass is 35.5. The Hall–Kier alpha value is -1.23. The molecule has 0 saturated carbocycles. The standard InChI is InChI=1S/C7H11ClN4O/c1-10-6(13)2-3-12-4-5(8)7(9)11-12/h4H,2-3H2,1H3,(H2,9,11)(H,10,13). The summed E-state index contributed by atoms with van der Waals surface area (Å²) >= 11 is 5.67. The molecule has 0 saturated heterocycles. The normalized spacial score (nSPS) is 10.0. The Balaban J connectivity index is 2.50. The minimum absolute atomic E-state index is 0.0369. The molecule has 0 aliphatic heterocycles. The number of anilines is 1. The van der Waals surface area contributed by atoms with Crippen molar-refractivity contribution in [3.63, 3.8) is 0 Å². The lowest BCUT2D eigenvalue weighted by molar-refractivity contribution is -0.120. The maximum atomic E-state index is 10.9. The van der Waals surface area contributed by atoms with Gasteiger partial charge in [0.2, 0.25) is 5.91 Å². The number of carbonyl (C=O) groups is 1. The molecule has 1 aromatic rings. The zero-order valence-corrected chi connectivity index (χ0v) is 8.01. The second-order valence-electron chi connectivity index (χ2n) is 2.55. The number of amides is 1. The first-order valence-electron chi connectivity index (χ1n) is 3.82. The highest BCUT2D eigenvalue weighted by Crippen LogP contribution is 2.15. The average molecular weight is 203 g/mol. The molecule has 1 heterocycles. The van der Waals surface area contributed by atoms with Gasteiger partial charge in [-0.05, 0) is 0 Å². The van der Waals surface area contributed by atoms with Crippen LogP contribution < -0.4 is 11.1 Å².